The molecule has 4 atom stereocenters. The van der Waals surface area contributed by atoms with Crippen LogP contribution in [0.1, 0.15) is 66.2 Å². The normalized spacial score (nSPS) is 50.9. The lowest BCUT2D eigenvalue weighted by Gasteiger charge is -2.42. The second kappa shape index (κ2) is 3.16. The van der Waals surface area contributed by atoms with Crippen molar-refractivity contribution >= 4 is 5.78 Å². The Morgan fingerprint density at radius 1 is 1.29 bits per heavy atom. The van der Waals surface area contributed by atoms with Gasteiger partial charge < -0.3 is 0 Å². The molecule has 1 spiro atoms. The Labute approximate surface area is 105 Å². The quantitative estimate of drug-likeness (QED) is 0.699. The second-order valence-corrected chi connectivity index (χ2v) is 7.66. The van der Waals surface area contributed by atoms with Crippen molar-refractivity contribution in [1.82, 2.24) is 0 Å². The van der Waals surface area contributed by atoms with E-state index in [9.17, 15) is 4.79 Å². The number of rotatable bonds is 2. The van der Waals surface area contributed by atoms with Gasteiger partial charge in [-0.1, -0.05) is 40.5 Å². The molecule has 1 nitrogen and oxygen atoms in total. The maximum atomic E-state index is 12.8. The Morgan fingerprint density at radius 2 is 2.00 bits per heavy atom. The summed E-state index contributed by atoms with van der Waals surface area (Å²) < 4.78 is 0. The van der Waals surface area contributed by atoms with Crippen molar-refractivity contribution in [2.45, 2.75) is 66.2 Å². The summed E-state index contributed by atoms with van der Waals surface area (Å²) in [6, 6.07) is 0. The fourth-order valence-corrected chi connectivity index (χ4v) is 5.67. The van der Waals surface area contributed by atoms with Gasteiger partial charge in [-0.3, -0.25) is 4.79 Å². The molecule has 3 rings (SSSR count). The van der Waals surface area contributed by atoms with E-state index in [0.717, 1.165) is 12.8 Å². The van der Waals surface area contributed by atoms with Crippen molar-refractivity contribution in [3.63, 3.8) is 0 Å². The van der Waals surface area contributed by atoms with E-state index < -0.39 is 0 Å². The SMILES string of the molecule is CCC[C@@]1(C)C(=O)[C@H]2CCCC(C)(C)[C@@]23CC13. The molecule has 1 heteroatoms. The Kier molecular flexibility index (Phi) is 2.18. The highest BCUT2D eigenvalue weighted by molar-refractivity contribution is 5.92. The van der Waals surface area contributed by atoms with Crippen LogP contribution in [0.15, 0.2) is 0 Å². The van der Waals surface area contributed by atoms with Crippen molar-refractivity contribution in [3.8, 4) is 0 Å². The highest BCUT2D eigenvalue weighted by Crippen LogP contribution is 2.81. The third-order valence-corrected chi connectivity index (χ3v) is 6.60. The van der Waals surface area contributed by atoms with Crippen LogP contribution in [-0.4, -0.2) is 5.78 Å². The van der Waals surface area contributed by atoms with E-state index in [0.29, 0.717) is 28.4 Å². The first-order valence-electron chi connectivity index (χ1n) is 7.44. The van der Waals surface area contributed by atoms with Crippen LogP contribution in [0.2, 0.25) is 0 Å². The molecule has 0 aromatic heterocycles. The number of hydrogen-bond acceptors (Lipinski definition) is 1. The molecule has 0 radical (unpaired) electrons. The average molecular weight is 234 g/mol. The second-order valence-electron chi connectivity index (χ2n) is 7.66. The van der Waals surface area contributed by atoms with Gasteiger partial charge in [0, 0.05) is 11.3 Å². The van der Waals surface area contributed by atoms with Gasteiger partial charge in [0.1, 0.15) is 5.78 Å². The van der Waals surface area contributed by atoms with Crippen LogP contribution in [0.4, 0.5) is 0 Å². The van der Waals surface area contributed by atoms with Crippen LogP contribution in [0.3, 0.4) is 0 Å². The first-order chi connectivity index (χ1) is 7.90. The van der Waals surface area contributed by atoms with Gasteiger partial charge in [-0.05, 0) is 42.4 Å². The maximum Gasteiger partial charge on any atom is 0.142 e. The van der Waals surface area contributed by atoms with Gasteiger partial charge in [0.25, 0.3) is 0 Å². The fourth-order valence-electron chi connectivity index (χ4n) is 5.67. The number of ketones is 1. The zero-order valence-corrected chi connectivity index (χ0v) is 11.8. The van der Waals surface area contributed by atoms with E-state index in [-0.39, 0.29) is 5.41 Å². The Bertz CT molecular complexity index is 370. The summed E-state index contributed by atoms with van der Waals surface area (Å²) in [4.78, 5) is 12.8. The summed E-state index contributed by atoms with van der Waals surface area (Å²) >= 11 is 0. The molecule has 17 heavy (non-hydrogen) atoms. The molecule has 1 unspecified atom stereocenters. The minimum Gasteiger partial charge on any atom is -0.299 e. The summed E-state index contributed by atoms with van der Waals surface area (Å²) in [7, 11) is 0. The van der Waals surface area contributed by atoms with Crippen molar-refractivity contribution in [2.75, 3.05) is 0 Å². The number of hydrogen-bond donors (Lipinski definition) is 0. The van der Waals surface area contributed by atoms with Crippen LogP contribution >= 0.6 is 0 Å². The summed E-state index contributed by atoms with van der Waals surface area (Å²) in [6.45, 7) is 9.33. The molecule has 0 bridgehead atoms. The summed E-state index contributed by atoms with van der Waals surface area (Å²) in [5.74, 6) is 1.75. The molecule has 0 amide bonds. The van der Waals surface area contributed by atoms with Gasteiger partial charge in [0.15, 0.2) is 0 Å². The van der Waals surface area contributed by atoms with E-state index in [1.807, 2.05) is 0 Å². The maximum absolute atomic E-state index is 12.8. The molecule has 3 fully saturated rings. The molecule has 0 saturated heterocycles. The Hall–Kier alpha value is -0.330. The molecule has 0 aliphatic heterocycles. The minimum absolute atomic E-state index is 0.0288. The molecule has 0 N–H and O–H groups in total. The lowest BCUT2D eigenvalue weighted by molar-refractivity contribution is -0.133. The lowest BCUT2D eigenvalue weighted by atomic mass is 9.61. The predicted octanol–water partition coefficient (Wildman–Crippen LogP) is 4.21. The largest absolute Gasteiger partial charge is 0.299 e. The molecular formula is C16H26O. The van der Waals surface area contributed by atoms with Gasteiger partial charge >= 0.3 is 0 Å². The van der Waals surface area contributed by atoms with Crippen LogP contribution in [0.25, 0.3) is 0 Å². The third kappa shape index (κ3) is 1.14. The molecule has 3 aliphatic carbocycles. The number of Topliss-reactive ketones (excluding diaryl/α,β-unsaturated/α-hetero) is 1. The van der Waals surface area contributed by atoms with Gasteiger partial charge in [0.2, 0.25) is 0 Å². The monoisotopic (exact) mass is 234 g/mol. The highest BCUT2D eigenvalue weighted by Gasteiger charge is 2.79. The predicted molar refractivity (Wildman–Crippen MR) is 69.7 cm³/mol. The summed E-state index contributed by atoms with van der Waals surface area (Å²) in [5.41, 5.74) is 0.842. The highest BCUT2D eigenvalue weighted by atomic mass is 16.1. The van der Waals surface area contributed by atoms with E-state index >= 15 is 0 Å². The van der Waals surface area contributed by atoms with Gasteiger partial charge in [-0.15, -0.1) is 0 Å². The topological polar surface area (TPSA) is 17.1 Å². The molecule has 0 aromatic carbocycles. The number of carbonyl (C=O) groups excluding carboxylic acids is 1. The lowest BCUT2D eigenvalue weighted by Crippen LogP contribution is -2.39. The van der Waals surface area contributed by atoms with E-state index in [1.54, 1.807) is 0 Å². The Balaban J connectivity index is 2.01. The molecule has 0 aromatic rings. The zero-order valence-electron chi connectivity index (χ0n) is 11.8. The van der Waals surface area contributed by atoms with Gasteiger partial charge in [-0.2, -0.15) is 0 Å². The molecule has 3 saturated carbocycles. The molecule has 0 heterocycles. The van der Waals surface area contributed by atoms with Crippen LogP contribution in [0, 0.1) is 28.1 Å². The summed E-state index contributed by atoms with van der Waals surface area (Å²) in [5, 5.41) is 0. The van der Waals surface area contributed by atoms with Gasteiger partial charge in [-0.25, -0.2) is 0 Å². The van der Waals surface area contributed by atoms with E-state index in [4.69, 9.17) is 0 Å². The first-order valence-corrected chi connectivity index (χ1v) is 7.44. The van der Waals surface area contributed by atoms with Crippen LogP contribution < -0.4 is 0 Å². The number of carbonyl (C=O) groups is 1. The molecule has 3 aliphatic rings. The minimum atomic E-state index is 0.0288. The third-order valence-electron chi connectivity index (χ3n) is 6.60. The summed E-state index contributed by atoms with van der Waals surface area (Å²) in [6.07, 6.45) is 7.38. The Morgan fingerprint density at radius 3 is 2.59 bits per heavy atom. The van der Waals surface area contributed by atoms with Crippen molar-refractivity contribution in [1.29, 1.82) is 0 Å². The van der Waals surface area contributed by atoms with Crippen molar-refractivity contribution < 1.29 is 4.79 Å². The van der Waals surface area contributed by atoms with E-state index in [1.165, 1.54) is 25.7 Å². The molecular weight excluding hydrogens is 208 g/mol. The molecule has 96 valence electrons. The van der Waals surface area contributed by atoms with Crippen molar-refractivity contribution in [2.24, 2.45) is 28.1 Å². The fraction of sp³-hybridized carbons (Fsp3) is 0.938. The van der Waals surface area contributed by atoms with Crippen LogP contribution in [0.5, 0.6) is 0 Å². The first kappa shape index (κ1) is 11.7. The standard InChI is InChI=1S/C16H26O/c1-5-8-15(4)12-10-16(12)11(13(15)17)7-6-9-14(16,2)3/h11-12H,5-10H2,1-4H3/t11-,12?,15-,16+/m1/s1. The van der Waals surface area contributed by atoms with Crippen LogP contribution in [-0.2, 0) is 4.79 Å². The average Bonchev–Trinajstić information content (AvgIpc) is 2.95. The van der Waals surface area contributed by atoms with Gasteiger partial charge in [0.05, 0.1) is 0 Å². The van der Waals surface area contributed by atoms with Crippen molar-refractivity contribution in [3.05, 3.63) is 0 Å². The van der Waals surface area contributed by atoms with E-state index in [2.05, 4.69) is 27.7 Å². The zero-order chi connectivity index (χ0) is 12.5. The smallest absolute Gasteiger partial charge is 0.142 e.